The number of nitro benzene ring substituents is 1. The maximum absolute atomic E-state index is 12.5. The lowest BCUT2D eigenvalue weighted by molar-refractivity contribution is -0.385. The molecule has 0 atom stereocenters. The predicted octanol–water partition coefficient (Wildman–Crippen LogP) is 4.08. The zero-order chi connectivity index (χ0) is 20.1. The molecule has 0 spiro atoms. The van der Waals surface area contributed by atoms with Gasteiger partial charge in [-0.25, -0.2) is 9.59 Å². The summed E-state index contributed by atoms with van der Waals surface area (Å²) < 4.78 is 5.39. The van der Waals surface area contributed by atoms with E-state index in [-0.39, 0.29) is 23.4 Å². The molecule has 0 fully saturated rings. The third-order valence-corrected chi connectivity index (χ3v) is 3.52. The first-order valence-corrected chi connectivity index (χ1v) is 8.39. The van der Waals surface area contributed by atoms with Crippen LogP contribution in [0.5, 0.6) is 0 Å². The number of nitro groups is 1. The molecule has 0 aliphatic heterocycles. The molecule has 1 aromatic rings. The fraction of sp³-hybridized carbons (Fsp3) is 0.556. The van der Waals surface area contributed by atoms with Gasteiger partial charge < -0.3 is 14.7 Å². The minimum atomic E-state index is -1.25. The van der Waals surface area contributed by atoms with Crippen molar-refractivity contribution in [2.45, 2.75) is 53.2 Å². The van der Waals surface area contributed by atoms with E-state index in [1.807, 2.05) is 13.8 Å². The van der Waals surface area contributed by atoms with Crippen molar-refractivity contribution >= 4 is 17.7 Å². The zero-order valence-corrected chi connectivity index (χ0v) is 15.8. The quantitative estimate of drug-likeness (QED) is 0.575. The number of nitrogens with zero attached hydrogens (tertiary/aromatic N) is 2. The number of carboxylic acid groups (broad SMARTS) is 1. The highest BCUT2D eigenvalue weighted by Gasteiger charge is 2.25. The van der Waals surface area contributed by atoms with Crippen molar-refractivity contribution < 1.29 is 24.4 Å². The smallest absolute Gasteiger partial charge is 0.410 e. The molecule has 0 heterocycles. The van der Waals surface area contributed by atoms with E-state index in [1.54, 1.807) is 20.8 Å². The first-order chi connectivity index (χ1) is 11.9. The van der Waals surface area contributed by atoms with Crippen LogP contribution in [0.3, 0.4) is 0 Å². The number of rotatable bonds is 7. The lowest BCUT2D eigenvalue weighted by Gasteiger charge is -2.28. The minimum absolute atomic E-state index is 0.0299. The Morgan fingerprint density at radius 2 is 1.92 bits per heavy atom. The van der Waals surface area contributed by atoms with Gasteiger partial charge >= 0.3 is 12.1 Å². The average molecular weight is 366 g/mol. The fourth-order valence-corrected chi connectivity index (χ4v) is 2.18. The number of carbonyl (C=O) groups is 2. The van der Waals surface area contributed by atoms with Crippen LogP contribution in [-0.2, 0) is 11.3 Å². The first kappa shape index (κ1) is 21.4. The SMILES string of the molecule is CC(C)CCN(Cc1ccc(C(=O)O)cc1[N+](=O)[O-])C(=O)OC(C)(C)C. The second kappa shape index (κ2) is 8.64. The Hall–Kier alpha value is -2.64. The topological polar surface area (TPSA) is 110 Å². The molecule has 0 aromatic heterocycles. The van der Waals surface area contributed by atoms with E-state index in [0.29, 0.717) is 18.9 Å². The van der Waals surface area contributed by atoms with Gasteiger partial charge in [0.05, 0.1) is 17.0 Å². The number of hydrogen-bond donors (Lipinski definition) is 1. The summed E-state index contributed by atoms with van der Waals surface area (Å²) in [5.74, 6) is -0.909. The van der Waals surface area contributed by atoms with Crippen LogP contribution in [0.4, 0.5) is 10.5 Å². The third kappa shape index (κ3) is 6.70. The van der Waals surface area contributed by atoms with Gasteiger partial charge in [-0.05, 0) is 45.2 Å². The largest absolute Gasteiger partial charge is 0.478 e. The van der Waals surface area contributed by atoms with E-state index >= 15 is 0 Å². The van der Waals surface area contributed by atoms with Crippen LogP contribution in [0.15, 0.2) is 18.2 Å². The number of benzene rings is 1. The minimum Gasteiger partial charge on any atom is -0.478 e. The Labute approximate surface area is 152 Å². The standard InChI is InChI=1S/C18H26N2O6/c1-12(2)8-9-19(17(23)26-18(3,4)5)11-14-7-6-13(16(21)22)10-15(14)20(24)25/h6-7,10,12H,8-9,11H2,1-5H3,(H,21,22). The molecule has 8 nitrogen and oxygen atoms in total. The number of aromatic carboxylic acids is 1. The molecule has 1 amide bonds. The van der Waals surface area contributed by atoms with Gasteiger partial charge in [0.1, 0.15) is 5.60 Å². The number of carbonyl (C=O) groups excluding carboxylic acids is 1. The molecular formula is C18H26N2O6. The van der Waals surface area contributed by atoms with E-state index in [4.69, 9.17) is 9.84 Å². The van der Waals surface area contributed by atoms with Crippen molar-refractivity contribution in [1.29, 1.82) is 0 Å². The number of amides is 1. The molecule has 8 heteroatoms. The number of carboxylic acids is 1. The van der Waals surface area contributed by atoms with Gasteiger partial charge in [-0.1, -0.05) is 13.8 Å². The van der Waals surface area contributed by atoms with Crippen molar-refractivity contribution in [2.75, 3.05) is 6.54 Å². The summed E-state index contributed by atoms with van der Waals surface area (Å²) in [6, 6.07) is 3.67. The first-order valence-electron chi connectivity index (χ1n) is 8.39. The summed E-state index contributed by atoms with van der Waals surface area (Å²) in [6.07, 6.45) is 0.148. The third-order valence-electron chi connectivity index (χ3n) is 3.52. The summed E-state index contributed by atoms with van der Waals surface area (Å²) in [4.78, 5) is 35.6. The van der Waals surface area contributed by atoms with E-state index < -0.39 is 22.6 Å². The van der Waals surface area contributed by atoms with Gasteiger partial charge in [0, 0.05) is 18.2 Å². The van der Waals surface area contributed by atoms with E-state index in [0.717, 1.165) is 6.07 Å². The Morgan fingerprint density at radius 3 is 2.38 bits per heavy atom. The molecule has 26 heavy (non-hydrogen) atoms. The van der Waals surface area contributed by atoms with Crippen molar-refractivity contribution in [3.63, 3.8) is 0 Å². The summed E-state index contributed by atoms with van der Waals surface area (Å²) in [5.41, 5.74) is -0.934. The molecule has 0 aliphatic rings. The average Bonchev–Trinajstić information content (AvgIpc) is 2.49. The van der Waals surface area contributed by atoms with E-state index in [1.165, 1.54) is 17.0 Å². The predicted molar refractivity (Wildman–Crippen MR) is 96.2 cm³/mol. The van der Waals surface area contributed by atoms with Crippen molar-refractivity contribution in [1.82, 2.24) is 4.90 Å². The second-order valence-corrected chi connectivity index (χ2v) is 7.49. The van der Waals surface area contributed by atoms with Gasteiger partial charge in [-0.2, -0.15) is 0 Å². The van der Waals surface area contributed by atoms with E-state index in [2.05, 4.69) is 0 Å². The molecule has 0 bridgehead atoms. The van der Waals surface area contributed by atoms with Gasteiger partial charge in [0.2, 0.25) is 0 Å². The molecule has 144 valence electrons. The lowest BCUT2D eigenvalue weighted by Crippen LogP contribution is -2.37. The van der Waals surface area contributed by atoms with Crippen LogP contribution in [0, 0.1) is 16.0 Å². The summed E-state index contributed by atoms with van der Waals surface area (Å²) >= 11 is 0. The highest BCUT2D eigenvalue weighted by molar-refractivity contribution is 5.88. The molecule has 1 N–H and O–H groups in total. The Kier molecular flexibility index (Phi) is 7.11. The molecule has 0 saturated carbocycles. The Morgan fingerprint density at radius 1 is 1.31 bits per heavy atom. The van der Waals surface area contributed by atoms with Gasteiger partial charge in [0.15, 0.2) is 0 Å². The van der Waals surface area contributed by atoms with Crippen molar-refractivity contribution in [3.05, 3.63) is 39.4 Å². The zero-order valence-electron chi connectivity index (χ0n) is 15.8. The molecule has 0 radical (unpaired) electrons. The Bertz CT molecular complexity index is 679. The van der Waals surface area contributed by atoms with Crippen LogP contribution in [0.2, 0.25) is 0 Å². The van der Waals surface area contributed by atoms with Crippen LogP contribution in [-0.4, -0.2) is 39.1 Å². The summed E-state index contributed by atoms with van der Waals surface area (Å²) in [6.45, 7) is 9.61. The van der Waals surface area contributed by atoms with Crippen LogP contribution < -0.4 is 0 Å². The normalized spacial score (nSPS) is 11.3. The van der Waals surface area contributed by atoms with Crippen LogP contribution >= 0.6 is 0 Å². The van der Waals surface area contributed by atoms with Gasteiger partial charge in [0.25, 0.3) is 5.69 Å². The number of ether oxygens (including phenoxy) is 1. The van der Waals surface area contributed by atoms with Crippen LogP contribution in [0.1, 0.15) is 57.0 Å². The molecule has 1 rings (SSSR count). The van der Waals surface area contributed by atoms with Crippen LogP contribution in [0.25, 0.3) is 0 Å². The highest BCUT2D eigenvalue weighted by Crippen LogP contribution is 2.23. The fourth-order valence-electron chi connectivity index (χ4n) is 2.18. The van der Waals surface area contributed by atoms with Crippen molar-refractivity contribution in [2.24, 2.45) is 5.92 Å². The molecular weight excluding hydrogens is 340 g/mol. The lowest BCUT2D eigenvalue weighted by atomic mass is 10.1. The van der Waals surface area contributed by atoms with E-state index in [9.17, 15) is 19.7 Å². The monoisotopic (exact) mass is 366 g/mol. The summed E-state index contributed by atoms with van der Waals surface area (Å²) in [5, 5.41) is 20.3. The molecule has 0 unspecified atom stereocenters. The molecule has 1 aromatic carbocycles. The summed E-state index contributed by atoms with van der Waals surface area (Å²) in [7, 11) is 0. The number of hydrogen-bond acceptors (Lipinski definition) is 5. The second-order valence-electron chi connectivity index (χ2n) is 7.49. The highest BCUT2D eigenvalue weighted by atomic mass is 16.6. The maximum atomic E-state index is 12.5. The molecule has 0 aliphatic carbocycles. The molecule has 0 saturated heterocycles. The Balaban J connectivity index is 3.14. The van der Waals surface area contributed by atoms with Gasteiger partial charge in [-0.15, -0.1) is 0 Å². The van der Waals surface area contributed by atoms with Crippen molar-refractivity contribution in [3.8, 4) is 0 Å². The maximum Gasteiger partial charge on any atom is 0.410 e. The van der Waals surface area contributed by atoms with Gasteiger partial charge in [-0.3, -0.25) is 10.1 Å².